The van der Waals surface area contributed by atoms with Gasteiger partial charge in [0.25, 0.3) is 0 Å². The van der Waals surface area contributed by atoms with Gasteiger partial charge in [-0.3, -0.25) is 4.79 Å². The minimum atomic E-state index is -0.307. The molecule has 1 heterocycles. The summed E-state index contributed by atoms with van der Waals surface area (Å²) in [5, 5.41) is 6.15. The van der Waals surface area contributed by atoms with Gasteiger partial charge in [0.15, 0.2) is 0 Å². The summed E-state index contributed by atoms with van der Waals surface area (Å²) in [6.07, 6.45) is 1.48. The zero-order valence-electron chi connectivity index (χ0n) is 12.3. The number of hydrogen-bond acceptors (Lipinski definition) is 5. The van der Waals surface area contributed by atoms with E-state index in [1.807, 2.05) is 34.7 Å². The third-order valence-electron chi connectivity index (χ3n) is 3.12. The van der Waals surface area contributed by atoms with Gasteiger partial charge in [-0.1, -0.05) is 0 Å². The number of anilines is 2. The molecule has 1 aromatic rings. The van der Waals surface area contributed by atoms with Crippen molar-refractivity contribution >= 4 is 17.5 Å². The summed E-state index contributed by atoms with van der Waals surface area (Å²) >= 11 is 0. The second-order valence-electron chi connectivity index (χ2n) is 4.32. The quantitative estimate of drug-likeness (QED) is 0.815. The summed E-state index contributed by atoms with van der Waals surface area (Å²) in [5.74, 6) is 1.53. The summed E-state index contributed by atoms with van der Waals surface area (Å²) in [7, 11) is 1.81. The Morgan fingerprint density at radius 1 is 1.32 bits per heavy atom. The first-order valence-electron chi connectivity index (χ1n) is 6.59. The number of hydrogen-bond donors (Lipinski definition) is 2. The van der Waals surface area contributed by atoms with Crippen LogP contribution in [0.15, 0.2) is 6.33 Å². The molecule has 0 bridgehead atoms. The van der Waals surface area contributed by atoms with E-state index >= 15 is 0 Å². The number of amides is 1. The fourth-order valence-corrected chi connectivity index (χ4v) is 1.92. The van der Waals surface area contributed by atoms with Crippen molar-refractivity contribution in [3.8, 4) is 0 Å². The predicted molar refractivity (Wildman–Crippen MR) is 77.3 cm³/mol. The molecular weight excluding hydrogens is 242 g/mol. The summed E-state index contributed by atoms with van der Waals surface area (Å²) in [6, 6.07) is -0.307. The average molecular weight is 265 g/mol. The van der Waals surface area contributed by atoms with Gasteiger partial charge in [-0.2, -0.15) is 0 Å². The van der Waals surface area contributed by atoms with E-state index in [1.165, 1.54) is 6.33 Å². The lowest BCUT2D eigenvalue weighted by Gasteiger charge is -2.24. The largest absolute Gasteiger partial charge is 0.373 e. The normalized spacial score (nSPS) is 11.8. The van der Waals surface area contributed by atoms with E-state index in [9.17, 15) is 4.79 Å². The van der Waals surface area contributed by atoms with Crippen molar-refractivity contribution in [2.24, 2.45) is 0 Å². The van der Waals surface area contributed by atoms with Crippen molar-refractivity contribution in [2.75, 3.05) is 30.8 Å². The number of nitrogens with one attached hydrogen (secondary N) is 2. The average Bonchev–Trinajstić information content (AvgIpc) is 2.42. The van der Waals surface area contributed by atoms with Crippen molar-refractivity contribution < 1.29 is 4.79 Å². The van der Waals surface area contributed by atoms with Gasteiger partial charge in [0.05, 0.1) is 0 Å². The molecule has 6 heteroatoms. The molecule has 0 fully saturated rings. The van der Waals surface area contributed by atoms with E-state index < -0.39 is 0 Å². The van der Waals surface area contributed by atoms with Crippen molar-refractivity contribution in [1.82, 2.24) is 14.9 Å². The summed E-state index contributed by atoms with van der Waals surface area (Å²) in [4.78, 5) is 22.3. The van der Waals surface area contributed by atoms with Crippen LogP contribution >= 0.6 is 0 Å². The lowest BCUT2D eigenvalue weighted by Crippen LogP contribution is -2.41. The van der Waals surface area contributed by atoms with Gasteiger partial charge in [-0.05, 0) is 27.7 Å². The number of rotatable bonds is 6. The van der Waals surface area contributed by atoms with Gasteiger partial charge in [-0.15, -0.1) is 0 Å². The molecule has 1 rings (SSSR count). The molecule has 0 aliphatic rings. The van der Waals surface area contributed by atoms with Crippen LogP contribution in [0, 0.1) is 6.92 Å². The summed E-state index contributed by atoms with van der Waals surface area (Å²) < 4.78 is 0. The number of carbonyl (C=O) groups excluding carboxylic acids is 1. The van der Waals surface area contributed by atoms with Crippen LogP contribution in [0.2, 0.25) is 0 Å². The molecule has 0 spiro atoms. The zero-order valence-corrected chi connectivity index (χ0v) is 12.3. The summed E-state index contributed by atoms with van der Waals surface area (Å²) in [5.41, 5.74) is 0.907. The Morgan fingerprint density at radius 3 is 2.42 bits per heavy atom. The molecule has 1 aromatic heterocycles. The molecule has 0 radical (unpaired) electrons. The number of likely N-dealkylation sites (N-methyl/N-ethyl adjacent to an activating group) is 1. The molecule has 0 aliphatic carbocycles. The SMILES string of the molecule is CCN(CC)C(=O)C(C)Nc1ncnc(NC)c1C. The first-order chi connectivity index (χ1) is 9.04. The molecular formula is C13H23N5O. The first-order valence-corrected chi connectivity index (χ1v) is 6.59. The maximum Gasteiger partial charge on any atom is 0.244 e. The number of carbonyl (C=O) groups is 1. The summed E-state index contributed by atoms with van der Waals surface area (Å²) in [6.45, 7) is 9.15. The third-order valence-corrected chi connectivity index (χ3v) is 3.12. The highest BCUT2D eigenvalue weighted by Gasteiger charge is 2.19. The second-order valence-corrected chi connectivity index (χ2v) is 4.32. The van der Waals surface area contributed by atoms with Crippen LogP contribution in [-0.2, 0) is 4.79 Å². The first kappa shape index (κ1) is 15.2. The molecule has 0 aromatic carbocycles. The van der Waals surface area contributed by atoms with Crippen LogP contribution in [0.4, 0.5) is 11.6 Å². The molecule has 2 N–H and O–H groups in total. The number of nitrogens with zero attached hydrogens (tertiary/aromatic N) is 3. The van der Waals surface area contributed by atoms with Crippen molar-refractivity contribution in [1.29, 1.82) is 0 Å². The van der Waals surface area contributed by atoms with Crippen LogP contribution in [-0.4, -0.2) is 47.0 Å². The van der Waals surface area contributed by atoms with Gasteiger partial charge in [0.1, 0.15) is 24.0 Å². The fraction of sp³-hybridized carbons (Fsp3) is 0.615. The molecule has 0 aliphatic heterocycles. The van der Waals surface area contributed by atoms with Crippen LogP contribution < -0.4 is 10.6 Å². The lowest BCUT2D eigenvalue weighted by molar-refractivity contribution is -0.131. The predicted octanol–water partition coefficient (Wildman–Crippen LogP) is 1.50. The zero-order chi connectivity index (χ0) is 14.4. The Labute approximate surface area is 114 Å². The van der Waals surface area contributed by atoms with Crippen LogP contribution in [0.25, 0.3) is 0 Å². The molecule has 0 saturated heterocycles. The monoisotopic (exact) mass is 265 g/mol. The van der Waals surface area contributed by atoms with Crippen LogP contribution in [0.3, 0.4) is 0 Å². The Bertz CT molecular complexity index is 431. The van der Waals surface area contributed by atoms with Crippen LogP contribution in [0.5, 0.6) is 0 Å². The Balaban J connectivity index is 2.82. The minimum Gasteiger partial charge on any atom is -0.373 e. The molecule has 0 saturated carbocycles. The van der Waals surface area contributed by atoms with Crippen LogP contribution in [0.1, 0.15) is 26.3 Å². The van der Waals surface area contributed by atoms with E-state index in [4.69, 9.17) is 0 Å². The van der Waals surface area contributed by atoms with E-state index in [2.05, 4.69) is 20.6 Å². The fourth-order valence-electron chi connectivity index (χ4n) is 1.92. The van der Waals surface area contributed by atoms with Gasteiger partial charge >= 0.3 is 0 Å². The highest BCUT2D eigenvalue weighted by Crippen LogP contribution is 2.18. The third kappa shape index (κ3) is 3.56. The Hall–Kier alpha value is -1.85. The van der Waals surface area contributed by atoms with Crippen molar-refractivity contribution in [2.45, 2.75) is 33.7 Å². The van der Waals surface area contributed by atoms with Gasteiger partial charge in [0, 0.05) is 25.7 Å². The van der Waals surface area contributed by atoms with Gasteiger partial charge in [-0.25, -0.2) is 9.97 Å². The Kier molecular flexibility index (Phi) is 5.54. The molecule has 6 nitrogen and oxygen atoms in total. The standard InChI is InChI=1S/C13H23N5O/c1-6-18(7-2)13(19)10(4)17-12-9(3)11(14-5)15-8-16-12/h8,10H,6-7H2,1-5H3,(H2,14,15,16,17). The van der Waals surface area contributed by atoms with E-state index in [0.717, 1.165) is 11.4 Å². The maximum atomic E-state index is 12.2. The highest BCUT2D eigenvalue weighted by molar-refractivity contribution is 5.84. The molecule has 106 valence electrons. The van der Waals surface area contributed by atoms with Gasteiger partial charge < -0.3 is 15.5 Å². The second kappa shape index (κ2) is 6.92. The molecule has 1 amide bonds. The minimum absolute atomic E-state index is 0.0778. The van der Waals surface area contributed by atoms with Crippen molar-refractivity contribution in [3.63, 3.8) is 0 Å². The molecule has 1 unspecified atom stereocenters. The van der Waals surface area contributed by atoms with Crippen molar-refractivity contribution in [3.05, 3.63) is 11.9 Å². The highest BCUT2D eigenvalue weighted by atomic mass is 16.2. The van der Waals surface area contributed by atoms with E-state index in [-0.39, 0.29) is 11.9 Å². The molecule has 1 atom stereocenters. The smallest absolute Gasteiger partial charge is 0.244 e. The lowest BCUT2D eigenvalue weighted by atomic mass is 10.2. The Morgan fingerprint density at radius 2 is 1.89 bits per heavy atom. The topological polar surface area (TPSA) is 70.2 Å². The van der Waals surface area contributed by atoms with E-state index in [0.29, 0.717) is 18.9 Å². The maximum absolute atomic E-state index is 12.2. The number of aromatic nitrogens is 2. The van der Waals surface area contributed by atoms with Gasteiger partial charge in [0.2, 0.25) is 5.91 Å². The van der Waals surface area contributed by atoms with E-state index in [1.54, 1.807) is 4.90 Å². The molecule has 19 heavy (non-hydrogen) atoms.